The lowest BCUT2D eigenvalue weighted by molar-refractivity contribution is 0.273. The highest BCUT2D eigenvalue weighted by Crippen LogP contribution is 2.36. The maximum Gasteiger partial charge on any atom is 0.00966 e. The Labute approximate surface area is 109 Å². The molecular formula is C16H33N. The Bertz CT molecular complexity index is 204. The molecule has 1 rings (SSSR count). The van der Waals surface area contributed by atoms with Gasteiger partial charge in [-0.05, 0) is 57.9 Å². The van der Waals surface area contributed by atoms with Gasteiger partial charge in [0.15, 0.2) is 0 Å². The minimum atomic E-state index is 0.280. The molecule has 0 spiro atoms. The molecular weight excluding hydrogens is 206 g/mol. The summed E-state index contributed by atoms with van der Waals surface area (Å²) in [6.45, 7) is 12.8. The maximum absolute atomic E-state index is 3.70. The molecule has 0 bridgehead atoms. The van der Waals surface area contributed by atoms with Crippen LogP contribution in [0.4, 0.5) is 0 Å². The Kier molecular flexibility index (Phi) is 5.99. The molecule has 1 aliphatic carbocycles. The molecule has 1 saturated carbocycles. The number of nitrogens with one attached hydrogen (secondary N) is 1. The quantitative estimate of drug-likeness (QED) is 0.713. The summed E-state index contributed by atoms with van der Waals surface area (Å²) in [5, 5.41) is 3.70. The van der Waals surface area contributed by atoms with Crippen LogP contribution in [0.15, 0.2) is 0 Å². The van der Waals surface area contributed by atoms with Crippen molar-refractivity contribution in [1.29, 1.82) is 0 Å². The molecule has 17 heavy (non-hydrogen) atoms. The lowest BCUT2D eigenvalue weighted by atomic mass is 9.85. The smallest absolute Gasteiger partial charge is 0.00966 e. The van der Waals surface area contributed by atoms with Crippen molar-refractivity contribution in [3.8, 4) is 0 Å². The Morgan fingerprint density at radius 1 is 1.18 bits per heavy atom. The molecule has 3 unspecified atom stereocenters. The average Bonchev–Trinajstić information content (AvgIpc) is 2.61. The van der Waals surface area contributed by atoms with E-state index in [4.69, 9.17) is 0 Å². The van der Waals surface area contributed by atoms with Crippen molar-refractivity contribution in [2.75, 3.05) is 6.54 Å². The van der Waals surface area contributed by atoms with Crippen molar-refractivity contribution in [2.24, 2.45) is 17.8 Å². The van der Waals surface area contributed by atoms with Gasteiger partial charge in [-0.1, -0.05) is 39.5 Å². The SMILES string of the molecule is CCCC(C)CC1CCCC1CNC(C)(C)C. The molecule has 0 amide bonds. The molecule has 1 heteroatoms. The van der Waals surface area contributed by atoms with Crippen LogP contribution in [-0.2, 0) is 0 Å². The Morgan fingerprint density at radius 2 is 1.82 bits per heavy atom. The predicted molar refractivity (Wildman–Crippen MR) is 77.3 cm³/mol. The standard InChI is InChI=1S/C16H33N/c1-6-8-13(2)11-14-9-7-10-15(14)12-17-16(3,4)5/h13-15,17H,6-12H2,1-5H3. The van der Waals surface area contributed by atoms with Crippen molar-refractivity contribution >= 4 is 0 Å². The lowest BCUT2D eigenvalue weighted by Gasteiger charge is -2.27. The van der Waals surface area contributed by atoms with E-state index in [0.717, 1.165) is 17.8 Å². The first-order chi connectivity index (χ1) is 7.92. The molecule has 1 aliphatic rings. The first-order valence-electron chi connectivity index (χ1n) is 7.67. The van der Waals surface area contributed by atoms with E-state index in [0.29, 0.717) is 0 Å². The second kappa shape index (κ2) is 6.78. The Morgan fingerprint density at radius 3 is 2.41 bits per heavy atom. The van der Waals surface area contributed by atoms with Crippen LogP contribution >= 0.6 is 0 Å². The minimum absolute atomic E-state index is 0.280. The first-order valence-corrected chi connectivity index (χ1v) is 7.67. The van der Waals surface area contributed by atoms with Gasteiger partial charge in [-0.25, -0.2) is 0 Å². The van der Waals surface area contributed by atoms with E-state index in [1.54, 1.807) is 0 Å². The van der Waals surface area contributed by atoms with E-state index >= 15 is 0 Å². The fraction of sp³-hybridized carbons (Fsp3) is 1.00. The van der Waals surface area contributed by atoms with Gasteiger partial charge in [-0.15, -0.1) is 0 Å². The summed E-state index contributed by atoms with van der Waals surface area (Å²) in [4.78, 5) is 0. The van der Waals surface area contributed by atoms with Gasteiger partial charge in [0, 0.05) is 5.54 Å². The Balaban J connectivity index is 2.33. The highest BCUT2D eigenvalue weighted by atomic mass is 14.9. The normalized spacial score (nSPS) is 27.4. The molecule has 1 nitrogen and oxygen atoms in total. The zero-order chi connectivity index (χ0) is 12.9. The van der Waals surface area contributed by atoms with E-state index in [9.17, 15) is 0 Å². The van der Waals surface area contributed by atoms with E-state index in [1.165, 1.54) is 45.1 Å². The van der Waals surface area contributed by atoms with Crippen LogP contribution in [0.1, 0.15) is 73.1 Å². The third-order valence-electron chi connectivity index (χ3n) is 4.20. The number of rotatable bonds is 6. The van der Waals surface area contributed by atoms with Crippen molar-refractivity contribution in [3.63, 3.8) is 0 Å². The van der Waals surface area contributed by atoms with Gasteiger partial charge >= 0.3 is 0 Å². The number of hydrogen-bond acceptors (Lipinski definition) is 1. The van der Waals surface area contributed by atoms with Gasteiger partial charge in [-0.2, -0.15) is 0 Å². The van der Waals surface area contributed by atoms with Crippen molar-refractivity contribution < 1.29 is 0 Å². The van der Waals surface area contributed by atoms with E-state index in [2.05, 4.69) is 39.9 Å². The highest BCUT2D eigenvalue weighted by Gasteiger charge is 2.28. The van der Waals surface area contributed by atoms with Gasteiger partial charge in [0.05, 0.1) is 0 Å². The third-order valence-corrected chi connectivity index (χ3v) is 4.20. The van der Waals surface area contributed by atoms with E-state index in [1.807, 2.05) is 0 Å². The molecule has 0 aliphatic heterocycles. The zero-order valence-electron chi connectivity index (χ0n) is 12.7. The van der Waals surface area contributed by atoms with Gasteiger partial charge in [0.2, 0.25) is 0 Å². The van der Waals surface area contributed by atoms with Crippen LogP contribution in [-0.4, -0.2) is 12.1 Å². The second-order valence-electron chi connectivity index (χ2n) is 7.21. The van der Waals surface area contributed by atoms with Crippen LogP contribution < -0.4 is 5.32 Å². The van der Waals surface area contributed by atoms with Crippen molar-refractivity contribution in [3.05, 3.63) is 0 Å². The molecule has 0 heterocycles. The lowest BCUT2D eigenvalue weighted by Crippen LogP contribution is -2.40. The maximum atomic E-state index is 3.70. The van der Waals surface area contributed by atoms with Gasteiger partial charge in [-0.3, -0.25) is 0 Å². The van der Waals surface area contributed by atoms with Crippen LogP contribution in [0, 0.1) is 17.8 Å². The van der Waals surface area contributed by atoms with Gasteiger partial charge in [0.1, 0.15) is 0 Å². The highest BCUT2D eigenvalue weighted by molar-refractivity contribution is 4.82. The average molecular weight is 239 g/mol. The summed E-state index contributed by atoms with van der Waals surface area (Å²) in [6, 6.07) is 0. The van der Waals surface area contributed by atoms with Crippen LogP contribution in [0.2, 0.25) is 0 Å². The Hall–Kier alpha value is -0.0400. The molecule has 1 N–H and O–H groups in total. The molecule has 0 radical (unpaired) electrons. The monoisotopic (exact) mass is 239 g/mol. The predicted octanol–water partition coefficient (Wildman–Crippen LogP) is 4.62. The molecule has 1 fully saturated rings. The molecule has 0 saturated heterocycles. The number of hydrogen-bond donors (Lipinski definition) is 1. The summed E-state index contributed by atoms with van der Waals surface area (Å²) < 4.78 is 0. The van der Waals surface area contributed by atoms with Crippen LogP contribution in [0.5, 0.6) is 0 Å². The largest absolute Gasteiger partial charge is 0.312 e. The molecule has 0 aromatic rings. The van der Waals surface area contributed by atoms with E-state index < -0.39 is 0 Å². The zero-order valence-corrected chi connectivity index (χ0v) is 12.7. The molecule has 0 aromatic carbocycles. The fourth-order valence-electron chi connectivity index (χ4n) is 3.26. The molecule has 0 aromatic heterocycles. The van der Waals surface area contributed by atoms with Crippen LogP contribution in [0.25, 0.3) is 0 Å². The summed E-state index contributed by atoms with van der Waals surface area (Å²) in [6.07, 6.45) is 8.61. The topological polar surface area (TPSA) is 12.0 Å². The minimum Gasteiger partial charge on any atom is -0.312 e. The summed E-state index contributed by atoms with van der Waals surface area (Å²) in [5.41, 5.74) is 0.280. The molecule has 102 valence electrons. The third kappa shape index (κ3) is 5.90. The van der Waals surface area contributed by atoms with Gasteiger partial charge in [0.25, 0.3) is 0 Å². The first kappa shape index (κ1) is 15.0. The van der Waals surface area contributed by atoms with E-state index in [-0.39, 0.29) is 5.54 Å². The second-order valence-corrected chi connectivity index (χ2v) is 7.21. The van der Waals surface area contributed by atoms with Gasteiger partial charge < -0.3 is 5.32 Å². The van der Waals surface area contributed by atoms with Crippen molar-refractivity contribution in [2.45, 2.75) is 78.7 Å². The molecule has 3 atom stereocenters. The summed E-state index contributed by atoms with van der Waals surface area (Å²) in [7, 11) is 0. The fourth-order valence-corrected chi connectivity index (χ4v) is 3.26. The van der Waals surface area contributed by atoms with Crippen molar-refractivity contribution in [1.82, 2.24) is 5.32 Å². The summed E-state index contributed by atoms with van der Waals surface area (Å²) in [5.74, 6) is 2.86. The summed E-state index contributed by atoms with van der Waals surface area (Å²) >= 11 is 0. The van der Waals surface area contributed by atoms with Crippen LogP contribution in [0.3, 0.4) is 0 Å².